The van der Waals surface area contributed by atoms with Gasteiger partial charge in [0.05, 0.1) is 32.2 Å². The lowest BCUT2D eigenvalue weighted by molar-refractivity contribution is -0.120. The lowest BCUT2D eigenvalue weighted by Gasteiger charge is -2.24. The van der Waals surface area contributed by atoms with Crippen LogP contribution in [0.2, 0.25) is 0 Å². The Balaban J connectivity index is 2.16. The van der Waals surface area contributed by atoms with Crippen molar-refractivity contribution in [3.05, 3.63) is 53.6 Å². The number of hydrogen-bond donors (Lipinski definition) is 1. The number of carbonyl (C=O) groups excluding carboxylic acids is 1. The van der Waals surface area contributed by atoms with Crippen molar-refractivity contribution in [3.8, 4) is 11.5 Å². The number of benzene rings is 2. The lowest BCUT2D eigenvalue weighted by atomic mass is 10.0. The molecule has 2 aromatic carbocycles. The molecule has 0 aliphatic rings. The van der Waals surface area contributed by atoms with Crippen LogP contribution >= 0.6 is 0 Å². The van der Waals surface area contributed by atoms with Crippen LogP contribution in [0.5, 0.6) is 11.5 Å². The fourth-order valence-corrected chi connectivity index (χ4v) is 3.90. The van der Waals surface area contributed by atoms with Crippen molar-refractivity contribution in [1.82, 2.24) is 5.32 Å². The van der Waals surface area contributed by atoms with E-state index in [-0.39, 0.29) is 12.6 Å². The molecule has 0 spiro atoms. The summed E-state index contributed by atoms with van der Waals surface area (Å²) < 4.78 is 36.3. The summed E-state index contributed by atoms with van der Waals surface area (Å²) in [6, 6.07) is 12.2. The number of anilines is 1. The molecule has 164 valence electrons. The minimum absolute atomic E-state index is 0.308. The van der Waals surface area contributed by atoms with Crippen LogP contribution in [-0.4, -0.2) is 41.3 Å². The maximum absolute atomic E-state index is 12.6. The van der Waals surface area contributed by atoms with Gasteiger partial charge in [-0.2, -0.15) is 0 Å². The van der Waals surface area contributed by atoms with Crippen molar-refractivity contribution < 1.29 is 22.7 Å². The molecule has 2 rings (SSSR count). The third-order valence-electron chi connectivity index (χ3n) is 4.82. The summed E-state index contributed by atoms with van der Waals surface area (Å²) >= 11 is 0. The molecule has 8 heteroatoms. The van der Waals surface area contributed by atoms with Gasteiger partial charge < -0.3 is 14.8 Å². The number of nitrogens with one attached hydrogen (secondary N) is 1. The minimum atomic E-state index is -3.63. The smallest absolute Gasteiger partial charge is 0.241 e. The van der Waals surface area contributed by atoms with Gasteiger partial charge in [-0.1, -0.05) is 32.0 Å². The highest BCUT2D eigenvalue weighted by atomic mass is 32.2. The van der Waals surface area contributed by atoms with Gasteiger partial charge in [0.1, 0.15) is 6.54 Å². The van der Waals surface area contributed by atoms with E-state index in [0.29, 0.717) is 23.1 Å². The first-order chi connectivity index (χ1) is 14.1. The second-order valence-electron chi connectivity index (χ2n) is 7.42. The Bertz CT molecular complexity index is 972. The van der Waals surface area contributed by atoms with Crippen LogP contribution in [0.3, 0.4) is 0 Å². The van der Waals surface area contributed by atoms with E-state index in [1.165, 1.54) is 0 Å². The molecule has 0 aliphatic heterocycles. The molecule has 0 aliphatic carbocycles. The number of carbonyl (C=O) groups is 1. The third-order valence-corrected chi connectivity index (χ3v) is 5.96. The normalized spacial score (nSPS) is 12.4. The second kappa shape index (κ2) is 9.84. The third kappa shape index (κ3) is 5.89. The predicted octanol–water partition coefficient (Wildman–Crippen LogP) is 3.47. The first-order valence-corrected chi connectivity index (χ1v) is 11.5. The Morgan fingerprint density at radius 1 is 0.967 bits per heavy atom. The van der Waals surface area contributed by atoms with E-state index in [4.69, 9.17) is 9.47 Å². The number of amides is 1. The summed E-state index contributed by atoms with van der Waals surface area (Å²) in [5.41, 5.74) is 2.36. The number of ether oxygens (including phenoxy) is 2. The van der Waals surface area contributed by atoms with E-state index < -0.39 is 15.9 Å². The van der Waals surface area contributed by atoms with E-state index in [1.54, 1.807) is 38.5 Å². The average Bonchev–Trinajstić information content (AvgIpc) is 2.70. The maximum Gasteiger partial charge on any atom is 0.241 e. The quantitative estimate of drug-likeness (QED) is 0.653. The number of methoxy groups -OCH3 is 2. The Hall–Kier alpha value is -2.74. The van der Waals surface area contributed by atoms with Crippen LogP contribution in [0.25, 0.3) is 0 Å². The molecular formula is C22H30N2O5S. The Labute approximate surface area is 179 Å². The molecule has 30 heavy (non-hydrogen) atoms. The van der Waals surface area contributed by atoms with Gasteiger partial charge in [-0.05, 0) is 48.2 Å². The zero-order valence-electron chi connectivity index (χ0n) is 18.3. The average molecular weight is 435 g/mol. The summed E-state index contributed by atoms with van der Waals surface area (Å²) in [6.45, 7) is 5.64. The van der Waals surface area contributed by atoms with Gasteiger partial charge in [0, 0.05) is 0 Å². The van der Waals surface area contributed by atoms with Crippen molar-refractivity contribution in [1.29, 1.82) is 0 Å². The summed E-state index contributed by atoms with van der Waals surface area (Å²) in [5.74, 6) is 1.07. The van der Waals surface area contributed by atoms with Gasteiger partial charge in [0.15, 0.2) is 11.5 Å². The Morgan fingerprint density at radius 2 is 1.53 bits per heavy atom. The van der Waals surface area contributed by atoms with Crippen molar-refractivity contribution in [2.45, 2.75) is 32.7 Å². The molecule has 2 aromatic rings. The molecule has 1 amide bonds. The topological polar surface area (TPSA) is 84.9 Å². The molecule has 1 atom stereocenters. The first-order valence-electron chi connectivity index (χ1n) is 9.65. The number of nitrogens with zero attached hydrogens (tertiary/aromatic N) is 1. The van der Waals surface area contributed by atoms with Crippen LogP contribution in [0.15, 0.2) is 42.5 Å². The van der Waals surface area contributed by atoms with Gasteiger partial charge in [-0.25, -0.2) is 8.42 Å². The number of sulfonamides is 1. The summed E-state index contributed by atoms with van der Waals surface area (Å²) in [5, 5.41) is 2.85. The van der Waals surface area contributed by atoms with E-state index in [2.05, 4.69) is 19.2 Å². The Kier molecular flexibility index (Phi) is 7.72. The highest BCUT2D eigenvalue weighted by Crippen LogP contribution is 2.30. The SMILES string of the molecule is COc1ccc([C@H](C)NC(=O)CN(c2ccc(C(C)C)cc2)S(C)(=O)=O)cc1OC. The first kappa shape index (κ1) is 23.5. The van der Waals surface area contributed by atoms with Crippen molar-refractivity contribution in [3.63, 3.8) is 0 Å². The van der Waals surface area contributed by atoms with Crippen LogP contribution < -0.4 is 19.1 Å². The molecule has 0 bridgehead atoms. The van der Waals surface area contributed by atoms with Crippen LogP contribution in [0, 0.1) is 0 Å². The van der Waals surface area contributed by atoms with Gasteiger partial charge >= 0.3 is 0 Å². The monoisotopic (exact) mass is 434 g/mol. The summed E-state index contributed by atoms with van der Waals surface area (Å²) in [6.07, 6.45) is 1.09. The fourth-order valence-electron chi connectivity index (χ4n) is 3.05. The molecular weight excluding hydrogens is 404 g/mol. The molecule has 0 aromatic heterocycles. The fraction of sp³-hybridized carbons (Fsp3) is 0.409. The second-order valence-corrected chi connectivity index (χ2v) is 9.33. The molecule has 0 saturated heterocycles. The van der Waals surface area contributed by atoms with E-state index in [1.807, 2.05) is 25.1 Å². The molecule has 1 N–H and O–H groups in total. The Morgan fingerprint density at radius 3 is 2.03 bits per heavy atom. The van der Waals surface area contributed by atoms with Crippen LogP contribution in [-0.2, 0) is 14.8 Å². The zero-order chi connectivity index (χ0) is 22.5. The van der Waals surface area contributed by atoms with Crippen molar-refractivity contribution >= 4 is 21.6 Å². The van der Waals surface area contributed by atoms with E-state index in [0.717, 1.165) is 21.7 Å². The molecule has 0 fully saturated rings. The highest BCUT2D eigenvalue weighted by molar-refractivity contribution is 7.92. The molecule has 0 unspecified atom stereocenters. The van der Waals surface area contributed by atoms with Crippen LogP contribution in [0.4, 0.5) is 5.69 Å². The number of hydrogen-bond acceptors (Lipinski definition) is 5. The standard InChI is InChI=1S/C22H30N2O5S/c1-15(2)17-7-10-19(11-8-17)24(30(6,26)27)14-22(25)23-16(3)18-9-12-20(28-4)21(13-18)29-5/h7-13,15-16H,14H2,1-6H3,(H,23,25)/t16-/m0/s1. The highest BCUT2D eigenvalue weighted by Gasteiger charge is 2.22. The van der Waals surface area contributed by atoms with E-state index in [9.17, 15) is 13.2 Å². The maximum atomic E-state index is 12.6. The van der Waals surface area contributed by atoms with Gasteiger partial charge in [-0.3, -0.25) is 9.10 Å². The molecule has 0 saturated carbocycles. The summed E-state index contributed by atoms with van der Waals surface area (Å²) in [7, 11) is -0.537. The van der Waals surface area contributed by atoms with Gasteiger partial charge in [-0.15, -0.1) is 0 Å². The molecule has 7 nitrogen and oxygen atoms in total. The van der Waals surface area contributed by atoms with Crippen LogP contribution in [0.1, 0.15) is 43.9 Å². The van der Waals surface area contributed by atoms with Gasteiger partial charge in [0.25, 0.3) is 0 Å². The molecule has 0 heterocycles. The lowest BCUT2D eigenvalue weighted by Crippen LogP contribution is -2.41. The van der Waals surface area contributed by atoms with E-state index >= 15 is 0 Å². The van der Waals surface area contributed by atoms with Gasteiger partial charge in [0.2, 0.25) is 15.9 Å². The van der Waals surface area contributed by atoms with Crippen molar-refractivity contribution in [2.24, 2.45) is 0 Å². The zero-order valence-corrected chi connectivity index (χ0v) is 19.1. The largest absolute Gasteiger partial charge is 0.493 e. The minimum Gasteiger partial charge on any atom is -0.493 e. The van der Waals surface area contributed by atoms with Crippen molar-refractivity contribution in [2.75, 3.05) is 31.3 Å². The number of rotatable bonds is 9. The summed E-state index contributed by atoms with van der Waals surface area (Å²) in [4.78, 5) is 12.6. The predicted molar refractivity (Wildman–Crippen MR) is 119 cm³/mol. The molecule has 0 radical (unpaired) electrons.